The summed E-state index contributed by atoms with van der Waals surface area (Å²) in [6.07, 6.45) is -4.36. The number of ether oxygens (including phenoxy) is 4. The molecular weight excluding hydrogens is 857 g/mol. The van der Waals surface area contributed by atoms with Crippen LogP contribution in [0.5, 0.6) is 0 Å². The molecule has 0 spiro atoms. The van der Waals surface area contributed by atoms with Gasteiger partial charge in [-0.1, -0.05) is 108 Å². The molecule has 20 heteroatoms. The number of rotatable bonds is 18. The molecule has 0 aliphatic carbocycles. The van der Waals surface area contributed by atoms with E-state index in [4.69, 9.17) is 58.1 Å². The molecule has 0 radical (unpaired) electrons. The zero-order valence-electron chi connectivity index (χ0n) is 36.0. The summed E-state index contributed by atoms with van der Waals surface area (Å²) in [4.78, 5) is 95.7. The number of halogens is 2. The number of hydroxylamine groups is 2. The first-order chi connectivity index (χ1) is 28.9. The molecule has 5 N–H and O–H groups in total. The van der Waals surface area contributed by atoms with Crippen molar-refractivity contribution in [3.63, 3.8) is 0 Å². The molecule has 0 saturated carbocycles. The van der Waals surface area contributed by atoms with Crippen molar-refractivity contribution in [2.45, 2.75) is 105 Å². The Morgan fingerprint density at radius 1 is 0.645 bits per heavy atom. The van der Waals surface area contributed by atoms with Crippen LogP contribution in [0.1, 0.15) is 104 Å². The summed E-state index contributed by atoms with van der Waals surface area (Å²) in [6, 6.07) is 13.8. The number of carbonyl (C=O) groups is 8. The summed E-state index contributed by atoms with van der Waals surface area (Å²) >= 11 is 11.6. The number of imide groups is 1. The van der Waals surface area contributed by atoms with Gasteiger partial charge in [0.25, 0.3) is 24.4 Å². The summed E-state index contributed by atoms with van der Waals surface area (Å²) in [7, 11) is 0. The van der Waals surface area contributed by atoms with E-state index in [0.29, 0.717) is 21.7 Å². The second-order valence-electron chi connectivity index (χ2n) is 15.2. The fraction of sp³-hybridized carbons (Fsp3) is 0.524. The van der Waals surface area contributed by atoms with E-state index in [2.05, 4.69) is 10.2 Å². The highest BCUT2D eigenvalue weighted by molar-refractivity contribution is 6.30. The van der Waals surface area contributed by atoms with Crippen molar-refractivity contribution in [1.82, 2.24) is 10.4 Å². The second kappa shape index (κ2) is 27.5. The minimum Gasteiger partial charge on any atom is -0.481 e. The number of amides is 3. The number of benzene rings is 2. The Bertz CT molecular complexity index is 1790. The van der Waals surface area contributed by atoms with Crippen molar-refractivity contribution in [3.8, 4) is 0 Å². The summed E-state index contributed by atoms with van der Waals surface area (Å²) in [5, 5.41) is 21.8. The number of carboxylic acids is 2. The SMILES string of the molecule is CC(C)C(=O)O[C@@H](OC(=O)NC[C@H](CC(=O)O)c1ccc(Cl)cc1)C(C)C.CC(C)C(=O)O[C@@H](OC(=O)ON1C(=O)CCC1=O)C(C)C.NC[C@H](CC(=O)O)c1ccc(Cl)cc1. The first-order valence-electron chi connectivity index (χ1n) is 19.7. The number of alkyl carbamates (subject to hydrolysis) is 1. The van der Waals surface area contributed by atoms with Crippen molar-refractivity contribution in [1.29, 1.82) is 0 Å². The molecule has 4 atom stereocenters. The lowest BCUT2D eigenvalue weighted by molar-refractivity contribution is -0.200. The van der Waals surface area contributed by atoms with Gasteiger partial charge in [0.05, 0.1) is 24.7 Å². The minimum absolute atomic E-state index is 0.0118. The number of aliphatic carboxylic acids is 2. The Balaban J connectivity index is 0.000000488. The number of carbonyl (C=O) groups excluding carboxylic acids is 6. The number of hydrogen-bond acceptors (Lipinski definition) is 14. The van der Waals surface area contributed by atoms with Crippen LogP contribution in [0.3, 0.4) is 0 Å². The molecule has 2 aromatic rings. The standard InChI is InChI=1S/C19H26ClNO6.C13H19NO7.C10H12ClNO2/c1-11(2)17(24)26-18(12(3)4)27-19(25)21-10-14(9-16(22)23)13-5-7-15(20)8-6-13;1-7(2)11(17)19-12(8(3)4)20-13(18)21-14-9(15)5-6-10(14)16;11-9-3-1-7(2-4-9)8(6-12)5-10(13)14/h5-8,11-12,14,18H,9-10H2,1-4H3,(H,21,25)(H,22,23);7-8,12H,5-6H2,1-4H3;1-4,8H,5-6,12H2,(H,13,14)/t14-,18-;12-;8-/m000/s1. The third-order valence-corrected chi connectivity index (χ3v) is 8.91. The highest BCUT2D eigenvalue weighted by Gasteiger charge is 2.35. The van der Waals surface area contributed by atoms with E-state index in [-0.39, 0.29) is 61.8 Å². The van der Waals surface area contributed by atoms with Crippen LogP contribution < -0.4 is 11.1 Å². The van der Waals surface area contributed by atoms with E-state index in [1.807, 2.05) is 12.1 Å². The van der Waals surface area contributed by atoms with Crippen LogP contribution >= 0.6 is 23.2 Å². The van der Waals surface area contributed by atoms with Gasteiger partial charge >= 0.3 is 36.1 Å². The van der Waals surface area contributed by atoms with Crippen molar-refractivity contribution >= 4 is 71.1 Å². The largest absolute Gasteiger partial charge is 0.537 e. The van der Waals surface area contributed by atoms with Gasteiger partial charge in [0, 0.05) is 53.1 Å². The average Bonchev–Trinajstić information content (AvgIpc) is 3.50. The smallest absolute Gasteiger partial charge is 0.481 e. The number of nitrogens with one attached hydrogen (secondary N) is 1. The Morgan fingerprint density at radius 2 is 1.03 bits per heavy atom. The Kier molecular flexibility index (Phi) is 24.2. The monoisotopic (exact) mass is 913 g/mol. The van der Waals surface area contributed by atoms with Crippen LogP contribution in [0.25, 0.3) is 0 Å². The van der Waals surface area contributed by atoms with E-state index < -0.39 is 66.4 Å². The molecule has 62 heavy (non-hydrogen) atoms. The molecular formula is C42H57Cl2N3O15. The maximum Gasteiger partial charge on any atom is 0.537 e. The van der Waals surface area contributed by atoms with Gasteiger partial charge in [0.1, 0.15) is 0 Å². The predicted octanol–water partition coefficient (Wildman–Crippen LogP) is 7.05. The minimum atomic E-state index is -1.27. The molecule has 0 unspecified atom stereocenters. The molecule has 1 saturated heterocycles. The lowest BCUT2D eigenvalue weighted by atomic mass is 9.96. The van der Waals surface area contributed by atoms with E-state index in [0.717, 1.165) is 11.1 Å². The fourth-order valence-electron chi connectivity index (χ4n) is 4.83. The maximum absolute atomic E-state index is 12.1. The van der Waals surface area contributed by atoms with E-state index in [1.54, 1.807) is 91.8 Å². The maximum atomic E-state index is 12.1. The molecule has 18 nitrogen and oxygen atoms in total. The van der Waals surface area contributed by atoms with Gasteiger partial charge in [-0.2, -0.15) is 0 Å². The summed E-state index contributed by atoms with van der Waals surface area (Å²) in [5.74, 6) is -5.92. The molecule has 1 aliphatic rings. The summed E-state index contributed by atoms with van der Waals surface area (Å²) in [5.41, 5.74) is 7.14. The van der Waals surface area contributed by atoms with Crippen LogP contribution in [0.4, 0.5) is 9.59 Å². The first-order valence-corrected chi connectivity index (χ1v) is 20.4. The number of carboxylic acid groups (broad SMARTS) is 2. The quantitative estimate of drug-likeness (QED) is 0.0663. The van der Waals surface area contributed by atoms with Gasteiger partial charge < -0.3 is 40.2 Å². The molecule has 0 aromatic heterocycles. The zero-order chi connectivity index (χ0) is 47.3. The predicted molar refractivity (Wildman–Crippen MR) is 224 cm³/mol. The van der Waals surface area contributed by atoms with Gasteiger partial charge in [-0.3, -0.25) is 33.6 Å². The molecule has 3 rings (SSSR count). The first kappa shape index (κ1) is 54.6. The molecule has 1 aliphatic heterocycles. The Labute approximate surface area is 370 Å². The van der Waals surface area contributed by atoms with Crippen LogP contribution in [0, 0.1) is 23.7 Å². The highest BCUT2D eigenvalue weighted by Crippen LogP contribution is 2.23. The van der Waals surface area contributed by atoms with Gasteiger partial charge in [-0.15, -0.1) is 0 Å². The summed E-state index contributed by atoms with van der Waals surface area (Å²) < 4.78 is 20.2. The third kappa shape index (κ3) is 20.9. The topological polar surface area (TPSA) is 264 Å². The lowest BCUT2D eigenvalue weighted by Crippen LogP contribution is -2.37. The number of nitrogens with zero attached hydrogens (tertiary/aromatic N) is 1. The molecule has 344 valence electrons. The van der Waals surface area contributed by atoms with Crippen LogP contribution in [0.2, 0.25) is 10.0 Å². The molecule has 1 fully saturated rings. The molecule has 3 amide bonds. The van der Waals surface area contributed by atoms with Crippen LogP contribution in [-0.4, -0.2) is 88.9 Å². The molecule has 2 aromatic carbocycles. The van der Waals surface area contributed by atoms with Crippen molar-refractivity contribution < 1.29 is 72.4 Å². The molecule has 1 heterocycles. The van der Waals surface area contributed by atoms with Crippen LogP contribution in [-0.2, 0) is 52.6 Å². The van der Waals surface area contributed by atoms with Gasteiger partial charge in [-0.25, -0.2) is 9.59 Å². The van der Waals surface area contributed by atoms with Crippen molar-refractivity contribution in [3.05, 3.63) is 69.7 Å². The number of hydrogen-bond donors (Lipinski definition) is 4. The highest BCUT2D eigenvalue weighted by atomic mass is 35.5. The van der Waals surface area contributed by atoms with Gasteiger partial charge in [0.15, 0.2) is 0 Å². The number of esters is 2. The Morgan fingerprint density at radius 3 is 1.40 bits per heavy atom. The van der Waals surface area contributed by atoms with E-state index in [9.17, 15) is 38.4 Å². The molecule has 0 bridgehead atoms. The van der Waals surface area contributed by atoms with Crippen molar-refractivity contribution in [2.75, 3.05) is 13.1 Å². The summed E-state index contributed by atoms with van der Waals surface area (Å²) in [6.45, 7) is 13.9. The lowest BCUT2D eigenvalue weighted by Gasteiger charge is -2.23. The zero-order valence-corrected chi connectivity index (χ0v) is 37.5. The van der Waals surface area contributed by atoms with Crippen molar-refractivity contribution in [2.24, 2.45) is 29.4 Å². The average molecular weight is 915 g/mol. The number of nitrogens with two attached hydrogens (primary N) is 1. The second-order valence-corrected chi connectivity index (χ2v) is 16.0. The van der Waals surface area contributed by atoms with E-state index >= 15 is 0 Å². The third-order valence-electron chi connectivity index (χ3n) is 8.41. The van der Waals surface area contributed by atoms with E-state index in [1.165, 1.54) is 0 Å². The normalized spacial score (nSPS) is 14.1. The Hall–Kier alpha value is -5.46. The van der Waals surface area contributed by atoms with Gasteiger partial charge in [0.2, 0.25) is 0 Å². The fourth-order valence-corrected chi connectivity index (χ4v) is 5.08. The van der Waals surface area contributed by atoms with Crippen LogP contribution in [0.15, 0.2) is 48.5 Å². The van der Waals surface area contributed by atoms with Gasteiger partial charge in [-0.05, 0) is 41.9 Å².